The molecule has 0 aromatic heterocycles. The summed E-state index contributed by atoms with van der Waals surface area (Å²) in [4.78, 5) is 2.06. The molecule has 78 valence electrons. The molecule has 0 radical (unpaired) electrons. The van der Waals surface area contributed by atoms with Crippen LogP contribution >= 0.6 is 0 Å². The highest BCUT2D eigenvalue weighted by atomic mass is 15.2. The molecule has 2 N–H and O–H groups in total. The largest absolute Gasteiger partial charge is 0.313 e. The Morgan fingerprint density at radius 3 is 2.36 bits per heavy atom. The van der Waals surface area contributed by atoms with E-state index in [1.807, 2.05) is 14.1 Å². The van der Waals surface area contributed by atoms with Crippen LogP contribution in [0, 0.1) is 6.92 Å². The number of nitrogens with two attached hydrogens (primary N) is 1. The molecule has 1 atom stereocenters. The zero-order valence-electron chi connectivity index (χ0n) is 9.54. The van der Waals surface area contributed by atoms with Crippen LogP contribution in [0.25, 0.3) is 0 Å². The number of nitrogens with zero attached hydrogens (tertiary/aromatic N) is 1. The minimum atomic E-state index is -0.272. The molecule has 0 bridgehead atoms. The van der Waals surface area contributed by atoms with E-state index in [1.54, 1.807) is 0 Å². The number of hydrogen-bond donors (Lipinski definition) is 1. The second kappa shape index (κ2) is 4.11. The maximum Gasteiger partial charge on any atom is 0.0694 e. The standard InChI is InChI=1S/C12H20N2/c1-10-7-5-6-8-11(10)9-12(2,13)14(3)4/h5-8H,9,13H2,1-4H3. The zero-order valence-corrected chi connectivity index (χ0v) is 9.54. The van der Waals surface area contributed by atoms with E-state index in [-0.39, 0.29) is 5.66 Å². The van der Waals surface area contributed by atoms with E-state index in [1.165, 1.54) is 11.1 Å². The van der Waals surface area contributed by atoms with Crippen molar-refractivity contribution >= 4 is 0 Å². The summed E-state index contributed by atoms with van der Waals surface area (Å²) >= 11 is 0. The van der Waals surface area contributed by atoms with Gasteiger partial charge in [-0.3, -0.25) is 4.90 Å². The molecule has 1 aromatic carbocycles. The van der Waals surface area contributed by atoms with Gasteiger partial charge < -0.3 is 5.73 Å². The average Bonchev–Trinajstić information content (AvgIpc) is 2.08. The Morgan fingerprint density at radius 1 is 1.29 bits per heavy atom. The van der Waals surface area contributed by atoms with Crippen molar-refractivity contribution in [1.29, 1.82) is 0 Å². The van der Waals surface area contributed by atoms with Gasteiger partial charge in [0.1, 0.15) is 0 Å². The second-order valence-electron chi connectivity index (χ2n) is 4.35. The Bertz CT molecular complexity index is 303. The summed E-state index contributed by atoms with van der Waals surface area (Å²) in [6, 6.07) is 8.39. The van der Waals surface area contributed by atoms with Gasteiger partial charge in [0.2, 0.25) is 0 Å². The lowest BCUT2D eigenvalue weighted by Gasteiger charge is -2.32. The molecule has 1 rings (SSSR count). The summed E-state index contributed by atoms with van der Waals surface area (Å²) in [6.07, 6.45) is 0.882. The summed E-state index contributed by atoms with van der Waals surface area (Å²) in [5.41, 5.74) is 8.55. The third kappa shape index (κ3) is 2.56. The van der Waals surface area contributed by atoms with Crippen molar-refractivity contribution < 1.29 is 0 Å². The van der Waals surface area contributed by atoms with Crippen LogP contribution in [0.2, 0.25) is 0 Å². The molecule has 0 heterocycles. The Hall–Kier alpha value is -0.860. The minimum Gasteiger partial charge on any atom is -0.313 e. The molecule has 0 aliphatic rings. The van der Waals surface area contributed by atoms with Gasteiger partial charge in [0.15, 0.2) is 0 Å². The predicted molar refractivity (Wildman–Crippen MR) is 61.2 cm³/mol. The van der Waals surface area contributed by atoms with Crippen LogP contribution in [0.15, 0.2) is 24.3 Å². The maximum absolute atomic E-state index is 6.19. The number of rotatable bonds is 3. The summed E-state index contributed by atoms with van der Waals surface area (Å²) in [6.45, 7) is 4.18. The summed E-state index contributed by atoms with van der Waals surface area (Å²) in [5.74, 6) is 0. The van der Waals surface area contributed by atoms with Crippen LogP contribution in [-0.2, 0) is 6.42 Å². The van der Waals surface area contributed by atoms with Crippen molar-refractivity contribution in [2.45, 2.75) is 25.9 Å². The van der Waals surface area contributed by atoms with Crippen LogP contribution in [0.5, 0.6) is 0 Å². The molecule has 0 fully saturated rings. The van der Waals surface area contributed by atoms with Crippen LogP contribution in [0.4, 0.5) is 0 Å². The van der Waals surface area contributed by atoms with E-state index < -0.39 is 0 Å². The van der Waals surface area contributed by atoms with Crippen LogP contribution < -0.4 is 5.73 Å². The Balaban J connectivity index is 2.84. The van der Waals surface area contributed by atoms with E-state index in [9.17, 15) is 0 Å². The molecule has 2 nitrogen and oxygen atoms in total. The topological polar surface area (TPSA) is 29.3 Å². The number of hydrogen-bond acceptors (Lipinski definition) is 2. The summed E-state index contributed by atoms with van der Waals surface area (Å²) in [5, 5.41) is 0. The molecule has 0 aliphatic heterocycles. The molecular weight excluding hydrogens is 172 g/mol. The molecule has 0 aliphatic carbocycles. The maximum atomic E-state index is 6.19. The Kier molecular flexibility index (Phi) is 3.29. The monoisotopic (exact) mass is 192 g/mol. The van der Waals surface area contributed by atoms with Crippen LogP contribution in [-0.4, -0.2) is 24.7 Å². The lowest BCUT2D eigenvalue weighted by Crippen LogP contribution is -2.51. The van der Waals surface area contributed by atoms with E-state index in [0.29, 0.717) is 0 Å². The van der Waals surface area contributed by atoms with Crippen molar-refractivity contribution in [1.82, 2.24) is 4.90 Å². The first-order valence-electron chi connectivity index (χ1n) is 4.94. The first kappa shape index (κ1) is 11.2. The highest BCUT2D eigenvalue weighted by Crippen LogP contribution is 2.15. The van der Waals surface area contributed by atoms with E-state index in [0.717, 1.165) is 6.42 Å². The SMILES string of the molecule is Cc1ccccc1CC(C)(N)N(C)C. The predicted octanol–water partition coefficient (Wildman–Crippen LogP) is 1.77. The van der Waals surface area contributed by atoms with Gasteiger partial charge >= 0.3 is 0 Å². The van der Waals surface area contributed by atoms with Gasteiger partial charge in [-0.2, -0.15) is 0 Å². The fourth-order valence-corrected chi connectivity index (χ4v) is 1.35. The smallest absolute Gasteiger partial charge is 0.0694 e. The van der Waals surface area contributed by atoms with E-state index >= 15 is 0 Å². The third-order valence-corrected chi connectivity index (χ3v) is 2.83. The highest BCUT2D eigenvalue weighted by molar-refractivity contribution is 5.27. The molecule has 14 heavy (non-hydrogen) atoms. The quantitative estimate of drug-likeness (QED) is 0.740. The Labute approximate surface area is 86.7 Å². The average molecular weight is 192 g/mol. The molecule has 0 saturated heterocycles. The van der Waals surface area contributed by atoms with Crippen molar-refractivity contribution in [3.63, 3.8) is 0 Å². The summed E-state index contributed by atoms with van der Waals surface area (Å²) in [7, 11) is 4.02. The zero-order chi connectivity index (χ0) is 10.8. The number of likely N-dealkylation sites (N-methyl/N-ethyl adjacent to an activating group) is 1. The normalized spacial score (nSPS) is 15.6. The molecule has 1 aromatic rings. The lowest BCUT2D eigenvalue weighted by atomic mass is 9.97. The molecule has 0 spiro atoms. The van der Waals surface area contributed by atoms with E-state index in [2.05, 4.69) is 43.0 Å². The van der Waals surface area contributed by atoms with Crippen molar-refractivity contribution in [2.24, 2.45) is 5.73 Å². The first-order valence-corrected chi connectivity index (χ1v) is 4.94. The third-order valence-electron chi connectivity index (χ3n) is 2.83. The van der Waals surface area contributed by atoms with E-state index in [4.69, 9.17) is 5.73 Å². The van der Waals surface area contributed by atoms with Crippen LogP contribution in [0.1, 0.15) is 18.1 Å². The number of benzene rings is 1. The van der Waals surface area contributed by atoms with Gasteiger partial charge in [0, 0.05) is 6.42 Å². The van der Waals surface area contributed by atoms with Crippen LogP contribution in [0.3, 0.4) is 0 Å². The molecule has 2 heteroatoms. The molecular formula is C12H20N2. The van der Waals surface area contributed by atoms with Gasteiger partial charge in [-0.05, 0) is 39.1 Å². The van der Waals surface area contributed by atoms with Gasteiger partial charge in [-0.1, -0.05) is 24.3 Å². The van der Waals surface area contributed by atoms with Crippen molar-refractivity contribution in [2.75, 3.05) is 14.1 Å². The lowest BCUT2D eigenvalue weighted by molar-refractivity contribution is 0.180. The van der Waals surface area contributed by atoms with Gasteiger partial charge in [0.05, 0.1) is 5.66 Å². The molecule has 0 saturated carbocycles. The first-order chi connectivity index (χ1) is 6.43. The minimum absolute atomic E-state index is 0.272. The van der Waals surface area contributed by atoms with Gasteiger partial charge in [-0.15, -0.1) is 0 Å². The summed E-state index contributed by atoms with van der Waals surface area (Å²) < 4.78 is 0. The fourth-order valence-electron chi connectivity index (χ4n) is 1.35. The van der Waals surface area contributed by atoms with Gasteiger partial charge in [-0.25, -0.2) is 0 Å². The second-order valence-corrected chi connectivity index (χ2v) is 4.35. The molecule has 1 unspecified atom stereocenters. The van der Waals surface area contributed by atoms with Gasteiger partial charge in [0.25, 0.3) is 0 Å². The highest BCUT2D eigenvalue weighted by Gasteiger charge is 2.21. The fraction of sp³-hybridized carbons (Fsp3) is 0.500. The van der Waals surface area contributed by atoms with Crippen molar-refractivity contribution in [3.05, 3.63) is 35.4 Å². The molecule has 0 amide bonds. The van der Waals surface area contributed by atoms with Crippen molar-refractivity contribution in [3.8, 4) is 0 Å². The number of aryl methyl sites for hydroxylation is 1. The Morgan fingerprint density at radius 2 is 1.86 bits per heavy atom.